The zero-order valence-corrected chi connectivity index (χ0v) is 10.3. The summed E-state index contributed by atoms with van der Waals surface area (Å²) in [6, 6.07) is 3.90. The van der Waals surface area contributed by atoms with E-state index < -0.39 is 0 Å². The fourth-order valence-electron chi connectivity index (χ4n) is 1.25. The predicted octanol–water partition coefficient (Wildman–Crippen LogP) is 1.77. The van der Waals surface area contributed by atoms with Crippen LogP contribution in [0.15, 0.2) is 31.0 Å². The molecule has 1 heterocycles. The van der Waals surface area contributed by atoms with Crippen molar-refractivity contribution in [2.75, 3.05) is 26.9 Å². The molecule has 1 aromatic rings. The van der Waals surface area contributed by atoms with E-state index in [1.807, 2.05) is 18.2 Å². The minimum atomic E-state index is 0.649. The van der Waals surface area contributed by atoms with Crippen molar-refractivity contribution in [2.45, 2.75) is 13.0 Å². The fraction of sp³-hybridized carbons (Fsp3) is 0.462. The zero-order valence-electron chi connectivity index (χ0n) is 10.3. The number of hydrogen-bond donors (Lipinski definition) is 1. The lowest BCUT2D eigenvalue weighted by Gasteiger charge is -2.06. The van der Waals surface area contributed by atoms with Gasteiger partial charge >= 0.3 is 0 Å². The van der Waals surface area contributed by atoms with Crippen molar-refractivity contribution in [1.29, 1.82) is 0 Å². The van der Waals surface area contributed by atoms with Crippen molar-refractivity contribution >= 4 is 0 Å². The first kappa shape index (κ1) is 13.7. The van der Waals surface area contributed by atoms with Crippen LogP contribution in [0.2, 0.25) is 0 Å². The normalized spacial score (nSPS) is 10.2. The summed E-state index contributed by atoms with van der Waals surface area (Å²) in [4.78, 5) is 4.30. The lowest BCUT2D eigenvalue weighted by Crippen LogP contribution is -2.19. The molecule has 0 aliphatic rings. The number of nitrogens with one attached hydrogen (secondary N) is 1. The molecule has 0 amide bonds. The molecule has 0 bridgehead atoms. The number of rotatable bonds is 9. The first-order chi connectivity index (χ1) is 8.36. The third-order valence-electron chi connectivity index (χ3n) is 2.18. The molecule has 0 fully saturated rings. The summed E-state index contributed by atoms with van der Waals surface area (Å²) in [7, 11) is 1.69. The second-order valence-electron chi connectivity index (χ2n) is 3.58. The largest absolute Gasteiger partial charge is 0.492 e. The molecule has 0 aliphatic carbocycles. The maximum Gasteiger partial charge on any atom is 0.137 e. The van der Waals surface area contributed by atoms with Gasteiger partial charge in [-0.3, -0.25) is 4.98 Å². The van der Waals surface area contributed by atoms with Crippen LogP contribution in [0.3, 0.4) is 0 Å². The number of aromatic nitrogens is 1. The molecule has 0 saturated heterocycles. The number of methoxy groups -OCH3 is 1. The summed E-state index contributed by atoms with van der Waals surface area (Å²) < 4.78 is 10.4. The second kappa shape index (κ2) is 8.73. The van der Waals surface area contributed by atoms with Crippen molar-refractivity contribution in [3.63, 3.8) is 0 Å². The molecular weight excluding hydrogens is 216 g/mol. The Balaban J connectivity index is 2.26. The molecule has 0 unspecified atom stereocenters. The molecule has 0 aliphatic heterocycles. The summed E-state index contributed by atoms with van der Waals surface area (Å²) in [6.07, 6.45) is 4.43. The molecule has 0 radical (unpaired) electrons. The van der Waals surface area contributed by atoms with Crippen LogP contribution in [0, 0.1) is 0 Å². The van der Waals surface area contributed by atoms with Crippen LogP contribution in [-0.2, 0) is 11.3 Å². The third-order valence-corrected chi connectivity index (χ3v) is 2.18. The highest BCUT2D eigenvalue weighted by Gasteiger charge is 1.96. The van der Waals surface area contributed by atoms with Gasteiger partial charge < -0.3 is 14.8 Å². The van der Waals surface area contributed by atoms with E-state index in [9.17, 15) is 0 Å². The van der Waals surface area contributed by atoms with Crippen LogP contribution in [0.4, 0.5) is 0 Å². The number of ether oxygens (including phenoxy) is 2. The molecule has 0 saturated carbocycles. The summed E-state index contributed by atoms with van der Waals surface area (Å²) in [6.45, 7) is 6.58. The van der Waals surface area contributed by atoms with Crippen LogP contribution < -0.4 is 10.1 Å². The minimum Gasteiger partial charge on any atom is -0.492 e. The molecule has 0 atom stereocenters. The Morgan fingerprint density at radius 2 is 2.29 bits per heavy atom. The standard InChI is InChI=1S/C13H20N2O2/c1-3-4-8-17-13-6-5-12(15-11-13)10-14-7-9-16-2/h3,5-6,11,14H,1,4,7-10H2,2H3. The first-order valence-corrected chi connectivity index (χ1v) is 5.75. The molecule has 1 rings (SSSR count). The van der Waals surface area contributed by atoms with Crippen LogP contribution in [-0.4, -0.2) is 31.9 Å². The quantitative estimate of drug-likeness (QED) is 0.524. The average molecular weight is 236 g/mol. The lowest BCUT2D eigenvalue weighted by atomic mass is 10.3. The van der Waals surface area contributed by atoms with Crippen LogP contribution >= 0.6 is 0 Å². The van der Waals surface area contributed by atoms with Gasteiger partial charge in [-0.15, -0.1) is 6.58 Å². The number of hydrogen-bond acceptors (Lipinski definition) is 4. The van der Waals surface area contributed by atoms with E-state index in [0.717, 1.165) is 31.0 Å². The highest BCUT2D eigenvalue weighted by atomic mass is 16.5. The Morgan fingerprint density at radius 3 is 2.94 bits per heavy atom. The number of nitrogens with zero attached hydrogens (tertiary/aromatic N) is 1. The summed E-state index contributed by atoms with van der Waals surface area (Å²) in [5, 5.41) is 3.23. The Morgan fingerprint density at radius 1 is 1.41 bits per heavy atom. The first-order valence-electron chi connectivity index (χ1n) is 5.75. The van der Waals surface area contributed by atoms with E-state index >= 15 is 0 Å². The Labute approximate surface area is 103 Å². The van der Waals surface area contributed by atoms with Gasteiger partial charge in [0.15, 0.2) is 0 Å². The maximum atomic E-state index is 5.47. The van der Waals surface area contributed by atoms with Gasteiger partial charge in [-0.1, -0.05) is 6.08 Å². The molecule has 0 spiro atoms. The molecule has 1 N–H and O–H groups in total. The lowest BCUT2D eigenvalue weighted by molar-refractivity contribution is 0.199. The van der Waals surface area contributed by atoms with Crippen LogP contribution in [0.1, 0.15) is 12.1 Å². The topological polar surface area (TPSA) is 43.4 Å². The molecule has 1 aromatic heterocycles. The van der Waals surface area contributed by atoms with Crippen molar-refractivity contribution in [3.05, 3.63) is 36.7 Å². The van der Waals surface area contributed by atoms with Gasteiger partial charge in [0.25, 0.3) is 0 Å². The van der Waals surface area contributed by atoms with Crippen molar-refractivity contribution in [2.24, 2.45) is 0 Å². The summed E-state index contributed by atoms with van der Waals surface area (Å²) in [5.74, 6) is 0.799. The van der Waals surface area contributed by atoms with E-state index in [4.69, 9.17) is 9.47 Å². The molecule has 94 valence electrons. The minimum absolute atomic E-state index is 0.649. The van der Waals surface area contributed by atoms with Crippen LogP contribution in [0.25, 0.3) is 0 Å². The Hall–Kier alpha value is -1.39. The van der Waals surface area contributed by atoms with Crippen molar-refractivity contribution < 1.29 is 9.47 Å². The van der Waals surface area contributed by atoms with Gasteiger partial charge in [0.1, 0.15) is 5.75 Å². The van der Waals surface area contributed by atoms with E-state index in [0.29, 0.717) is 13.2 Å². The highest BCUT2D eigenvalue weighted by Crippen LogP contribution is 2.09. The number of pyridine rings is 1. The van der Waals surface area contributed by atoms with E-state index in [2.05, 4.69) is 16.9 Å². The molecule has 4 heteroatoms. The Kier molecular flexibility index (Phi) is 7.02. The zero-order chi connectivity index (χ0) is 12.3. The average Bonchev–Trinajstić information content (AvgIpc) is 2.37. The van der Waals surface area contributed by atoms with E-state index in [-0.39, 0.29) is 0 Å². The fourth-order valence-corrected chi connectivity index (χ4v) is 1.25. The maximum absolute atomic E-state index is 5.47. The molecule has 4 nitrogen and oxygen atoms in total. The predicted molar refractivity (Wildman–Crippen MR) is 68.1 cm³/mol. The van der Waals surface area contributed by atoms with Gasteiger partial charge in [0, 0.05) is 20.2 Å². The highest BCUT2D eigenvalue weighted by molar-refractivity contribution is 5.19. The van der Waals surface area contributed by atoms with Crippen molar-refractivity contribution in [1.82, 2.24) is 10.3 Å². The van der Waals surface area contributed by atoms with Gasteiger partial charge in [0.05, 0.1) is 25.1 Å². The SMILES string of the molecule is C=CCCOc1ccc(CNCCOC)nc1. The molecular formula is C13H20N2O2. The smallest absolute Gasteiger partial charge is 0.137 e. The van der Waals surface area contributed by atoms with Gasteiger partial charge in [0.2, 0.25) is 0 Å². The van der Waals surface area contributed by atoms with Gasteiger partial charge in [-0.25, -0.2) is 0 Å². The summed E-state index contributed by atoms with van der Waals surface area (Å²) >= 11 is 0. The van der Waals surface area contributed by atoms with Gasteiger partial charge in [-0.05, 0) is 18.6 Å². The van der Waals surface area contributed by atoms with Gasteiger partial charge in [-0.2, -0.15) is 0 Å². The van der Waals surface area contributed by atoms with Crippen molar-refractivity contribution in [3.8, 4) is 5.75 Å². The van der Waals surface area contributed by atoms with E-state index in [1.165, 1.54) is 0 Å². The second-order valence-corrected chi connectivity index (χ2v) is 3.58. The Bertz CT molecular complexity index is 312. The molecule has 17 heavy (non-hydrogen) atoms. The monoisotopic (exact) mass is 236 g/mol. The third kappa shape index (κ3) is 6.04. The van der Waals surface area contributed by atoms with E-state index in [1.54, 1.807) is 13.3 Å². The molecule has 0 aromatic carbocycles. The summed E-state index contributed by atoms with van der Waals surface area (Å²) in [5.41, 5.74) is 0.997. The van der Waals surface area contributed by atoms with Crippen LogP contribution in [0.5, 0.6) is 5.75 Å².